The molecule has 0 aliphatic heterocycles. The Hall–Kier alpha value is -2.08. The summed E-state index contributed by atoms with van der Waals surface area (Å²) in [5, 5.41) is 1.64. The number of nitrogens with zero attached hydrogens (tertiary/aromatic N) is 3. The Morgan fingerprint density at radius 3 is 2.83 bits per heavy atom. The SMILES string of the molecule is COCc1cnc2c(-c3nc4ccc(Cl)cc4s3)cc(C)cc2n1. The van der Waals surface area contributed by atoms with Crippen LogP contribution >= 0.6 is 22.9 Å². The van der Waals surface area contributed by atoms with Crippen LogP contribution in [0.4, 0.5) is 0 Å². The van der Waals surface area contributed by atoms with Gasteiger partial charge in [-0.3, -0.25) is 4.98 Å². The lowest BCUT2D eigenvalue weighted by molar-refractivity contribution is 0.181. The van der Waals surface area contributed by atoms with Crippen molar-refractivity contribution < 1.29 is 4.74 Å². The van der Waals surface area contributed by atoms with Crippen molar-refractivity contribution in [2.45, 2.75) is 13.5 Å². The Morgan fingerprint density at radius 2 is 2.00 bits per heavy atom. The largest absolute Gasteiger partial charge is 0.378 e. The Bertz CT molecular complexity index is 1060. The Kier molecular flexibility index (Phi) is 3.92. The minimum atomic E-state index is 0.450. The van der Waals surface area contributed by atoms with E-state index in [1.807, 2.05) is 24.3 Å². The lowest BCUT2D eigenvalue weighted by Gasteiger charge is -2.06. The minimum Gasteiger partial charge on any atom is -0.378 e. The second kappa shape index (κ2) is 6.09. The summed E-state index contributed by atoms with van der Waals surface area (Å²) in [5.74, 6) is 0. The number of fused-ring (bicyclic) bond motifs is 2. The molecule has 0 saturated carbocycles. The van der Waals surface area contributed by atoms with Gasteiger partial charge in [-0.05, 0) is 42.8 Å². The van der Waals surface area contributed by atoms with Gasteiger partial charge >= 0.3 is 0 Å². The normalized spacial score (nSPS) is 11.5. The Labute approximate surface area is 148 Å². The highest BCUT2D eigenvalue weighted by molar-refractivity contribution is 7.21. The molecule has 0 bridgehead atoms. The number of hydrogen-bond donors (Lipinski definition) is 0. The molecule has 0 aliphatic rings. The number of halogens is 1. The van der Waals surface area contributed by atoms with Crippen LogP contribution in [0.15, 0.2) is 36.5 Å². The Balaban J connectivity index is 1.93. The number of rotatable bonds is 3. The predicted molar refractivity (Wildman–Crippen MR) is 98.6 cm³/mol. The molecule has 24 heavy (non-hydrogen) atoms. The van der Waals surface area contributed by atoms with Crippen molar-refractivity contribution in [3.63, 3.8) is 0 Å². The number of methoxy groups -OCH3 is 1. The lowest BCUT2D eigenvalue weighted by atomic mass is 10.1. The van der Waals surface area contributed by atoms with Crippen molar-refractivity contribution in [3.8, 4) is 10.6 Å². The summed E-state index contributed by atoms with van der Waals surface area (Å²) in [6.45, 7) is 2.50. The third-order valence-corrected chi connectivity index (χ3v) is 5.00. The van der Waals surface area contributed by atoms with Gasteiger partial charge in [-0.1, -0.05) is 11.6 Å². The molecule has 4 nitrogen and oxygen atoms in total. The minimum absolute atomic E-state index is 0.450. The highest BCUT2D eigenvalue weighted by Crippen LogP contribution is 2.35. The molecule has 0 saturated heterocycles. The smallest absolute Gasteiger partial charge is 0.126 e. The highest BCUT2D eigenvalue weighted by Gasteiger charge is 2.13. The van der Waals surface area contributed by atoms with Gasteiger partial charge in [0.2, 0.25) is 0 Å². The van der Waals surface area contributed by atoms with E-state index in [-0.39, 0.29) is 0 Å². The van der Waals surface area contributed by atoms with Crippen molar-refractivity contribution in [1.82, 2.24) is 15.0 Å². The maximum absolute atomic E-state index is 6.09. The van der Waals surface area contributed by atoms with E-state index < -0.39 is 0 Å². The van der Waals surface area contributed by atoms with Crippen LogP contribution in [-0.2, 0) is 11.3 Å². The zero-order chi connectivity index (χ0) is 16.7. The standard InChI is InChI=1S/C18H14ClN3OS/c1-10-5-13(17-15(6-10)21-12(8-20-17)9-23-2)18-22-14-4-3-11(19)7-16(14)24-18/h3-8H,9H2,1-2H3. The highest BCUT2D eigenvalue weighted by atomic mass is 35.5. The van der Waals surface area contributed by atoms with E-state index >= 15 is 0 Å². The third-order valence-electron chi connectivity index (χ3n) is 3.71. The van der Waals surface area contributed by atoms with Gasteiger partial charge in [-0.2, -0.15) is 0 Å². The number of aromatic nitrogens is 3. The quantitative estimate of drug-likeness (QED) is 0.518. The molecule has 2 aromatic carbocycles. The van der Waals surface area contributed by atoms with Gasteiger partial charge in [-0.25, -0.2) is 9.97 Å². The number of thiazole rings is 1. The monoisotopic (exact) mass is 355 g/mol. The van der Waals surface area contributed by atoms with E-state index in [9.17, 15) is 0 Å². The first-order valence-corrected chi connectivity index (χ1v) is 8.65. The molecule has 6 heteroatoms. The first-order chi connectivity index (χ1) is 11.6. The van der Waals surface area contributed by atoms with Crippen molar-refractivity contribution in [2.75, 3.05) is 7.11 Å². The van der Waals surface area contributed by atoms with E-state index in [0.717, 1.165) is 48.1 Å². The maximum atomic E-state index is 6.09. The van der Waals surface area contributed by atoms with Gasteiger partial charge in [-0.15, -0.1) is 11.3 Å². The fourth-order valence-corrected chi connectivity index (χ4v) is 3.96. The van der Waals surface area contributed by atoms with Gasteiger partial charge < -0.3 is 4.74 Å². The molecule has 0 N–H and O–H groups in total. The van der Waals surface area contributed by atoms with Crippen LogP contribution in [0.25, 0.3) is 31.8 Å². The molecule has 0 aliphatic carbocycles. The molecule has 2 heterocycles. The second-order valence-electron chi connectivity index (χ2n) is 5.61. The zero-order valence-electron chi connectivity index (χ0n) is 13.2. The summed E-state index contributed by atoms with van der Waals surface area (Å²) in [6.07, 6.45) is 1.76. The fourth-order valence-electron chi connectivity index (χ4n) is 2.70. The van der Waals surface area contributed by atoms with Crippen molar-refractivity contribution in [3.05, 3.63) is 52.8 Å². The summed E-state index contributed by atoms with van der Waals surface area (Å²) in [7, 11) is 1.65. The van der Waals surface area contributed by atoms with Crippen LogP contribution in [0.1, 0.15) is 11.3 Å². The molecule has 0 fully saturated rings. The zero-order valence-corrected chi connectivity index (χ0v) is 14.8. The molecule has 0 spiro atoms. The molecule has 0 atom stereocenters. The molecular formula is C18H14ClN3OS. The van der Waals surface area contributed by atoms with E-state index in [0.29, 0.717) is 6.61 Å². The Morgan fingerprint density at radius 1 is 1.12 bits per heavy atom. The average molecular weight is 356 g/mol. The van der Waals surface area contributed by atoms with Crippen molar-refractivity contribution in [1.29, 1.82) is 0 Å². The van der Waals surface area contributed by atoms with Gasteiger partial charge in [0.05, 0.1) is 39.7 Å². The van der Waals surface area contributed by atoms with E-state index in [1.54, 1.807) is 24.6 Å². The molecule has 120 valence electrons. The van der Waals surface area contributed by atoms with Gasteiger partial charge in [0.25, 0.3) is 0 Å². The van der Waals surface area contributed by atoms with Gasteiger partial charge in [0.15, 0.2) is 0 Å². The molecule has 0 radical (unpaired) electrons. The number of benzene rings is 2. The molecule has 2 aromatic heterocycles. The summed E-state index contributed by atoms with van der Waals surface area (Å²) in [4.78, 5) is 14.0. The summed E-state index contributed by atoms with van der Waals surface area (Å²) < 4.78 is 6.21. The van der Waals surface area contributed by atoms with Gasteiger partial charge in [0, 0.05) is 17.7 Å². The lowest BCUT2D eigenvalue weighted by Crippen LogP contribution is -1.96. The van der Waals surface area contributed by atoms with Crippen LogP contribution < -0.4 is 0 Å². The molecule has 4 rings (SSSR count). The summed E-state index contributed by atoms with van der Waals surface area (Å²) in [6, 6.07) is 9.89. The van der Waals surface area contributed by atoms with Crippen LogP contribution in [0.3, 0.4) is 0 Å². The summed E-state index contributed by atoms with van der Waals surface area (Å²) >= 11 is 7.70. The van der Waals surface area contributed by atoms with Crippen LogP contribution in [-0.4, -0.2) is 22.1 Å². The van der Waals surface area contributed by atoms with Crippen molar-refractivity contribution in [2.24, 2.45) is 0 Å². The summed E-state index contributed by atoms with van der Waals surface area (Å²) in [5.41, 5.74) is 5.59. The van der Waals surface area contributed by atoms with E-state index in [2.05, 4.69) is 23.0 Å². The number of aryl methyl sites for hydroxylation is 1. The third kappa shape index (κ3) is 2.75. The van der Waals surface area contributed by atoms with Crippen LogP contribution in [0, 0.1) is 6.92 Å². The molecule has 4 aromatic rings. The maximum Gasteiger partial charge on any atom is 0.126 e. The van der Waals surface area contributed by atoms with E-state index in [4.69, 9.17) is 21.3 Å². The predicted octanol–water partition coefficient (Wildman–Crippen LogP) is 5.01. The molecule has 0 unspecified atom stereocenters. The first-order valence-electron chi connectivity index (χ1n) is 7.46. The van der Waals surface area contributed by atoms with E-state index in [1.165, 1.54) is 0 Å². The van der Waals surface area contributed by atoms with Gasteiger partial charge in [0.1, 0.15) is 5.01 Å². The topological polar surface area (TPSA) is 47.9 Å². The second-order valence-corrected chi connectivity index (χ2v) is 7.07. The molecular weight excluding hydrogens is 342 g/mol. The number of hydrogen-bond acceptors (Lipinski definition) is 5. The number of ether oxygens (including phenoxy) is 1. The van der Waals surface area contributed by atoms with Crippen LogP contribution in [0.5, 0.6) is 0 Å². The average Bonchev–Trinajstić information content (AvgIpc) is 2.97. The van der Waals surface area contributed by atoms with Crippen molar-refractivity contribution >= 4 is 44.2 Å². The van der Waals surface area contributed by atoms with Crippen LogP contribution in [0.2, 0.25) is 5.02 Å². The fraction of sp³-hybridized carbons (Fsp3) is 0.167. The first kappa shape index (κ1) is 15.4. The molecule has 0 amide bonds.